The van der Waals surface area contributed by atoms with Gasteiger partial charge < -0.3 is 19.1 Å². The highest BCUT2D eigenvalue weighted by atomic mass is 16.5. The van der Waals surface area contributed by atoms with Crippen molar-refractivity contribution in [3.63, 3.8) is 0 Å². The van der Waals surface area contributed by atoms with Crippen LogP contribution in [0.1, 0.15) is 56.4 Å². The number of rotatable bonds is 12. The van der Waals surface area contributed by atoms with Crippen LogP contribution in [0, 0.1) is 12.8 Å². The third-order valence-electron chi connectivity index (χ3n) is 6.96. The molecule has 1 aromatic heterocycles. The molecule has 0 saturated heterocycles. The molecule has 2 aromatic rings. The van der Waals surface area contributed by atoms with Crippen molar-refractivity contribution in [2.45, 2.75) is 65.6 Å². The third kappa shape index (κ3) is 6.47. The molecule has 33 heavy (non-hydrogen) atoms. The summed E-state index contributed by atoms with van der Waals surface area (Å²) in [5.41, 5.74) is 3.63. The Hall–Kier alpha value is -2.60. The van der Waals surface area contributed by atoms with Gasteiger partial charge in [-0.15, -0.1) is 0 Å². The van der Waals surface area contributed by atoms with Gasteiger partial charge in [-0.1, -0.05) is 37.6 Å². The second kappa shape index (κ2) is 12.0. The number of ether oxygens (including phenoxy) is 1. The van der Waals surface area contributed by atoms with E-state index in [0.717, 1.165) is 37.9 Å². The normalized spacial score (nSPS) is 14.5. The summed E-state index contributed by atoms with van der Waals surface area (Å²) in [4.78, 5) is 30.0. The van der Waals surface area contributed by atoms with Crippen molar-refractivity contribution in [2.24, 2.45) is 5.92 Å². The van der Waals surface area contributed by atoms with Crippen molar-refractivity contribution >= 4 is 11.8 Å². The topological polar surface area (TPSA) is 54.8 Å². The Morgan fingerprint density at radius 1 is 1.18 bits per heavy atom. The van der Waals surface area contributed by atoms with Crippen LogP contribution >= 0.6 is 0 Å². The molecular weight excluding hydrogens is 414 g/mol. The van der Waals surface area contributed by atoms with Crippen molar-refractivity contribution < 1.29 is 14.3 Å². The summed E-state index contributed by atoms with van der Waals surface area (Å²) in [5.74, 6) is 0.161. The molecular formula is C27H39N3O3. The van der Waals surface area contributed by atoms with Gasteiger partial charge in [-0.25, -0.2) is 0 Å². The quantitative estimate of drug-likeness (QED) is 0.483. The summed E-state index contributed by atoms with van der Waals surface area (Å²) in [7, 11) is 1.63. The lowest BCUT2D eigenvalue weighted by atomic mass is 9.84. The van der Waals surface area contributed by atoms with E-state index in [9.17, 15) is 9.59 Å². The van der Waals surface area contributed by atoms with Gasteiger partial charge in [-0.05, 0) is 56.4 Å². The summed E-state index contributed by atoms with van der Waals surface area (Å²) < 4.78 is 7.43. The highest BCUT2D eigenvalue weighted by Crippen LogP contribution is 2.28. The van der Waals surface area contributed by atoms with Gasteiger partial charge in [-0.3, -0.25) is 9.59 Å². The number of benzene rings is 1. The molecule has 2 amide bonds. The second-order valence-corrected chi connectivity index (χ2v) is 9.21. The fourth-order valence-electron chi connectivity index (χ4n) is 4.24. The van der Waals surface area contributed by atoms with Crippen LogP contribution in [0.2, 0.25) is 0 Å². The van der Waals surface area contributed by atoms with Crippen molar-refractivity contribution in [2.75, 3.05) is 26.8 Å². The Labute approximate surface area is 198 Å². The van der Waals surface area contributed by atoms with E-state index in [1.165, 1.54) is 11.1 Å². The SMILES string of the molecule is CCC(C)N(Cc1cccn1Cc1ccccc1C)C(=O)CN(CCOC)C(=O)C1CCC1. The molecule has 6 nitrogen and oxygen atoms in total. The lowest BCUT2D eigenvalue weighted by Crippen LogP contribution is -2.49. The largest absolute Gasteiger partial charge is 0.383 e. The first-order valence-corrected chi connectivity index (χ1v) is 12.2. The summed E-state index contributed by atoms with van der Waals surface area (Å²) in [6.45, 7) is 8.62. The summed E-state index contributed by atoms with van der Waals surface area (Å²) >= 11 is 0. The first-order valence-electron chi connectivity index (χ1n) is 12.2. The molecule has 0 bridgehead atoms. The van der Waals surface area contributed by atoms with Crippen molar-refractivity contribution in [3.8, 4) is 0 Å². The van der Waals surface area contributed by atoms with Gasteiger partial charge >= 0.3 is 0 Å². The molecule has 0 N–H and O–H groups in total. The molecule has 0 spiro atoms. The minimum absolute atomic E-state index is 0.00299. The van der Waals surface area contributed by atoms with Crippen LogP contribution in [-0.4, -0.2) is 59.0 Å². The standard InChI is InChI=1S/C27H39N3O3/c1-5-22(3)30(26(31)20-29(16-17-33-4)27(32)23-12-8-13-23)19-25-14-9-15-28(25)18-24-11-7-6-10-21(24)2/h6-7,9-11,14-15,22-23H,5,8,12-13,16-20H2,1-4H3. The molecule has 180 valence electrons. The summed E-state index contributed by atoms with van der Waals surface area (Å²) in [6.07, 6.45) is 5.89. The average Bonchev–Trinajstić information content (AvgIpc) is 3.21. The van der Waals surface area contributed by atoms with E-state index < -0.39 is 0 Å². The second-order valence-electron chi connectivity index (χ2n) is 9.21. The molecule has 1 aliphatic carbocycles. The van der Waals surface area contributed by atoms with Gasteiger partial charge in [0.1, 0.15) is 0 Å². The van der Waals surface area contributed by atoms with Gasteiger partial charge in [0, 0.05) is 44.0 Å². The molecule has 1 aromatic carbocycles. The smallest absolute Gasteiger partial charge is 0.242 e. The molecule has 1 atom stereocenters. The number of hydrogen-bond donors (Lipinski definition) is 0. The fraction of sp³-hybridized carbons (Fsp3) is 0.556. The Morgan fingerprint density at radius 3 is 2.58 bits per heavy atom. The van der Waals surface area contributed by atoms with Gasteiger partial charge in [0.2, 0.25) is 11.8 Å². The van der Waals surface area contributed by atoms with Crippen LogP contribution in [0.5, 0.6) is 0 Å². The highest BCUT2D eigenvalue weighted by Gasteiger charge is 2.32. The van der Waals surface area contributed by atoms with Crippen LogP contribution in [-0.2, 0) is 27.4 Å². The number of carbonyl (C=O) groups excluding carboxylic acids is 2. The molecule has 1 aliphatic rings. The molecule has 6 heteroatoms. The zero-order valence-corrected chi connectivity index (χ0v) is 20.6. The summed E-state index contributed by atoms with van der Waals surface area (Å²) in [6, 6.07) is 12.6. The van der Waals surface area contributed by atoms with Crippen LogP contribution in [0.3, 0.4) is 0 Å². The Morgan fingerprint density at radius 2 is 1.94 bits per heavy atom. The van der Waals surface area contributed by atoms with Crippen LogP contribution in [0.15, 0.2) is 42.6 Å². The molecule has 0 aliphatic heterocycles. The van der Waals surface area contributed by atoms with Crippen molar-refractivity contribution in [1.29, 1.82) is 0 Å². The minimum atomic E-state index is -0.00299. The molecule has 3 rings (SSSR count). The fourth-order valence-corrected chi connectivity index (χ4v) is 4.24. The molecule has 0 radical (unpaired) electrons. The number of carbonyl (C=O) groups is 2. The van der Waals surface area contributed by atoms with Gasteiger partial charge in [-0.2, -0.15) is 0 Å². The van der Waals surface area contributed by atoms with E-state index in [2.05, 4.69) is 61.9 Å². The van der Waals surface area contributed by atoms with Crippen LogP contribution < -0.4 is 0 Å². The van der Waals surface area contributed by atoms with Gasteiger partial charge in [0.05, 0.1) is 19.7 Å². The Bertz CT molecular complexity index is 919. The third-order valence-corrected chi connectivity index (χ3v) is 6.96. The first-order chi connectivity index (χ1) is 15.9. The number of hydrogen-bond acceptors (Lipinski definition) is 3. The monoisotopic (exact) mass is 453 g/mol. The zero-order valence-electron chi connectivity index (χ0n) is 20.6. The van der Waals surface area contributed by atoms with E-state index in [0.29, 0.717) is 19.7 Å². The lowest BCUT2D eigenvalue weighted by molar-refractivity contribution is -0.146. The van der Waals surface area contributed by atoms with E-state index in [-0.39, 0.29) is 30.3 Å². The zero-order chi connectivity index (χ0) is 23.8. The van der Waals surface area contributed by atoms with Crippen molar-refractivity contribution in [1.82, 2.24) is 14.4 Å². The van der Waals surface area contributed by atoms with Gasteiger partial charge in [0.15, 0.2) is 0 Å². The first kappa shape index (κ1) is 25.0. The number of methoxy groups -OCH3 is 1. The highest BCUT2D eigenvalue weighted by molar-refractivity contribution is 5.86. The van der Waals surface area contributed by atoms with E-state index in [1.807, 2.05) is 11.0 Å². The van der Waals surface area contributed by atoms with Crippen LogP contribution in [0.25, 0.3) is 0 Å². The number of aromatic nitrogens is 1. The van der Waals surface area contributed by atoms with E-state index in [4.69, 9.17) is 4.74 Å². The van der Waals surface area contributed by atoms with E-state index in [1.54, 1.807) is 12.0 Å². The Balaban J connectivity index is 1.74. The van der Waals surface area contributed by atoms with Crippen molar-refractivity contribution in [3.05, 3.63) is 59.4 Å². The maximum Gasteiger partial charge on any atom is 0.242 e. The number of aryl methyl sites for hydroxylation is 1. The van der Waals surface area contributed by atoms with Crippen LogP contribution in [0.4, 0.5) is 0 Å². The number of nitrogens with zero attached hydrogens (tertiary/aromatic N) is 3. The maximum absolute atomic E-state index is 13.5. The molecule has 1 heterocycles. The minimum Gasteiger partial charge on any atom is -0.383 e. The van der Waals surface area contributed by atoms with E-state index >= 15 is 0 Å². The lowest BCUT2D eigenvalue weighted by Gasteiger charge is -2.34. The molecule has 1 fully saturated rings. The average molecular weight is 454 g/mol. The Kier molecular flexibility index (Phi) is 9.12. The predicted octanol–water partition coefficient (Wildman–Crippen LogP) is 4.25. The molecule has 1 saturated carbocycles. The number of amides is 2. The molecule has 1 unspecified atom stereocenters. The van der Waals surface area contributed by atoms with Gasteiger partial charge in [0.25, 0.3) is 0 Å². The summed E-state index contributed by atoms with van der Waals surface area (Å²) in [5, 5.41) is 0. The predicted molar refractivity (Wildman–Crippen MR) is 131 cm³/mol. The maximum atomic E-state index is 13.5.